The number of aromatic amines is 1. The van der Waals surface area contributed by atoms with Gasteiger partial charge in [0, 0.05) is 11.4 Å². The fourth-order valence-electron chi connectivity index (χ4n) is 3.37. The second kappa shape index (κ2) is 7.76. The summed E-state index contributed by atoms with van der Waals surface area (Å²) in [5, 5.41) is 3.27. The summed E-state index contributed by atoms with van der Waals surface area (Å²) in [7, 11) is 0. The number of rotatable bonds is 6. The summed E-state index contributed by atoms with van der Waals surface area (Å²) in [6, 6.07) is 15.4. The third kappa shape index (κ3) is 3.45. The van der Waals surface area contributed by atoms with Crippen molar-refractivity contribution >= 4 is 5.71 Å². The highest BCUT2D eigenvalue weighted by molar-refractivity contribution is 5.99. The molecule has 0 unspecified atom stereocenters. The highest BCUT2D eigenvalue weighted by atomic mass is 16.7. The number of aryl methyl sites for hydroxylation is 1. The van der Waals surface area contributed by atoms with Gasteiger partial charge in [-0.05, 0) is 43.2 Å². The lowest BCUT2D eigenvalue weighted by molar-refractivity contribution is 0.174. The van der Waals surface area contributed by atoms with Gasteiger partial charge in [-0.1, -0.05) is 37.6 Å². The molecule has 0 amide bonds. The maximum absolute atomic E-state index is 13.1. The highest BCUT2D eigenvalue weighted by Crippen LogP contribution is 2.32. The van der Waals surface area contributed by atoms with Crippen LogP contribution in [0.5, 0.6) is 11.5 Å². The lowest BCUT2D eigenvalue weighted by Crippen LogP contribution is -2.19. The lowest BCUT2D eigenvalue weighted by Gasteiger charge is -2.03. The summed E-state index contributed by atoms with van der Waals surface area (Å²) in [6.45, 7) is 4.72. The summed E-state index contributed by atoms with van der Waals surface area (Å²) in [6.07, 6.45) is 1.73. The topological polar surface area (TPSA) is 68.6 Å². The molecule has 4 rings (SSSR count). The Morgan fingerprint density at radius 3 is 2.71 bits per heavy atom. The van der Waals surface area contributed by atoms with Crippen LogP contribution in [0.2, 0.25) is 0 Å². The zero-order chi connectivity index (χ0) is 19.5. The minimum atomic E-state index is -0.0680. The molecule has 28 heavy (non-hydrogen) atoms. The molecule has 1 aromatic heterocycles. The van der Waals surface area contributed by atoms with E-state index in [0.717, 1.165) is 47.0 Å². The standard InChI is InChI=1S/C22H23N3O3/c1-3-7-18-21(22(26)25(24-18)17-8-5-4-6-9-17)15(2)23-13-16-10-11-19-20(12-16)28-14-27-19/h4-6,8-12,24H,3,7,13-14H2,1-2H3. The van der Waals surface area contributed by atoms with Crippen LogP contribution >= 0.6 is 0 Å². The average molecular weight is 377 g/mol. The van der Waals surface area contributed by atoms with Crippen molar-refractivity contribution in [3.8, 4) is 17.2 Å². The molecular formula is C22H23N3O3. The van der Waals surface area contributed by atoms with E-state index in [1.807, 2.05) is 55.5 Å². The van der Waals surface area contributed by atoms with E-state index in [1.54, 1.807) is 4.68 Å². The molecule has 0 spiro atoms. The predicted octanol–water partition coefficient (Wildman–Crippen LogP) is 3.86. The predicted molar refractivity (Wildman–Crippen MR) is 109 cm³/mol. The summed E-state index contributed by atoms with van der Waals surface area (Å²) >= 11 is 0. The smallest absolute Gasteiger partial charge is 0.280 e. The molecule has 2 heterocycles. The first kappa shape index (κ1) is 18.1. The summed E-state index contributed by atoms with van der Waals surface area (Å²) < 4.78 is 12.4. The van der Waals surface area contributed by atoms with Gasteiger partial charge in [-0.2, -0.15) is 0 Å². The SMILES string of the molecule is CCCc1[nH]n(-c2ccccc2)c(=O)c1C(C)=NCc1ccc2c(c1)OCO2. The molecule has 6 nitrogen and oxygen atoms in total. The van der Waals surface area contributed by atoms with Gasteiger partial charge in [-0.15, -0.1) is 0 Å². The number of nitrogens with zero attached hydrogens (tertiary/aromatic N) is 2. The molecule has 0 radical (unpaired) electrons. The van der Waals surface area contributed by atoms with Gasteiger partial charge in [0.25, 0.3) is 5.56 Å². The van der Waals surface area contributed by atoms with Gasteiger partial charge in [-0.3, -0.25) is 14.9 Å². The van der Waals surface area contributed by atoms with Crippen LogP contribution in [0.15, 0.2) is 58.3 Å². The van der Waals surface area contributed by atoms with Gasteiger partial charge >= 0.3 is 0 Å². The zero-order valence-corrected chi connectivity index (χ0v) is 16.1. The number of aromatic nitrogens is 2. The first-order chi connectivity index (χ1) is 13.7. The lowest BCUT2D eigenvalue weighted by atomic mass is 10.1. The second-order valence-corrected chi connectivity index (χ2v) is 6.78. The average Bonchev–Trinajstić information content (AvgIpc) is 3.31. The van der Waals surface area contributed by atoms with Crippen molar-refractivity contribution in [3.05, 3.63) is 75.7 Å². The van der Waals surface area contributed by atoms with Crippen LogP contribution < -0.4 is 15.0 Å². The molecule has 1 N–H and O–H groups in total. The van der Waals surface area contributed by atoms with Crippen molar-refractivity contribution in [1.29, 1.82) is 0 Å². The molecule has 0 fully saturated rings. The van der Waals surface area contributed by atoms with Crippen LogP contribution in [-0.4, -0.2) is 22.3 Å². The van der Waals surface area contributed by atoms with Gasteiger partial charge in [0.15, 0.2) is 11.5 Å². The molecule has 0 atom stereocenters. The highest BCUT2D eigenvalue weighted by Gasteiger charge is 2.17. The second-order valence-electron chi connectivity index (χ2n) is 6.78. The Bertz CT molecular complexity index is 1060. The number of hydrogen-bond donors (Lipinski definition) is 1. The molecular weight excluding hydrogens is 354 g/mol. The number of nitrogens with one attached hydrogen (secondary N) is 1. The summed E-state index contributed by atoms with van der Waals surface area (Å²) in [5.74, 6) is 1.50. The molecule has 144 valence electrons. The van der Waals surface area contributed by atoms with Crippen LogP contribution in [0.25, 0.3) is 5.69 Å². The third-order valence-electron chi connectivity index (χ3n) is 4.78. The number of benzene rings is 2. The van der Waals surface area contributed by atoms with E-state index in [0.29, 0.717) is 12.1 Å². The van der Waals surface area contributed by atoms with Crippen molar-refractivity contribution in [1.82, 2.24) is 9.78 Å². The number of H-pyrrole nitrogens is 1. The first-order valence-electron chi connectivity index (χ1n) is 9.46. The number of hydrogen-bond acceptors (Lipinski definition) is 4. The largest absolute Gasteiger partial charge is 0.454 e. The summed E-state index contributed by atoms with van der Waals surface area (Å²) in [5.41, 5.74) is 4.08. The van der Waals surface area contributed by atoms with E-state index in [9.17, 15) is 4.79 Å². The van der Waals surface area contributed by atoms with Crippen LogP contribution in [0.3, 0.4) is 0 Å². The van der Waals surface area contributed by atoms with Crippen LogP contribution in [0.1, 0.15) is 37.1 Å². The van der Waals surface area contributed by atoms with Gasteiger partial charge in [0.05, 0.1) is 17.8 Å². The quantitative estimate of drug-likeness (QED) is 0.663. The Labute approximate surface area is 163 Å². The van der Waals surface area contributed by atoms with Crippen molar-refractivity contribution < 1.29 is 9.47 Å². The molecule has 0 saturated carbocycles. The van der Waals surface area contributed by atoms with Crippen LogP contribution in [-0.2, 0) is 13.0 Å². The van der Waals surface area contributed by atoms with Crippen LogP contribution in [0.4, 0.5) is 0 Å². The fraction of sp³-hybridized carbons (Fsp3) is 0.273. The molecule has 1 aliphatic rings. The Balaban J connectivity index is 1.66. The first-order valence-corrected chi connectivity index (χ1v) is 9.46. The van der Waals surface area contributed by atoms with Gasteiger partial charge in [-0.25, -0.2) is 4.68 Å². The van der Waals surface area contributed by atoms with E-state index in [1.165, 1.54) is 0 Å². The molecule has 0 aliphatic carbocycles. The van der Waals surface area contributed by atoms with Crippen molar-refractivity contribution in [2.75, 3.05) is 6.79 Å². The maximum Gasteiger partial charge on any atom is 0.280 e. The van der Waals surface area contributed by atoms with E-state index in [-0.39, 0.29) is 12.4 Å². The monoisotopic (exact) mass is 377 g/mol. The molecule has 6 heteroatoms. The molecule has 0 saturated heterocycles. The number of aliphatic imine (C=N–C) groups is 1. The number of fused-ring (bicyclic) bond motifs is 1. The zero-order valence-electron chi connectivity index (χ0n) is 16.1. The maximum atomic E-state index is 13.1. The Morgan fingerprint density at radius 2 is 1.93 bits per heavy atom. The Hall–Kier alpha value is -3.28. The van der Waals surface area contributed by atoms with Gasteiger partial charge in [0.2, 0.25) is 6.79 Å². The number of ether oxygens (including phenoxy) is 2. The van der Waals surface area contributed by atoms with E-state index < -0.39 is 0 Å². The van der Waals surface area contributed by atoms with Gasteiger partial charge < -0.3 is 9.47 Å². The molecule has 0 bridgehead atoms. The Morgan fingerprint density at radius 1 is 1.14 bits per heavy atom. The van der Waals surface area contributed by atoms with Crippen molar-refractivity contribution in [2.45, 2.75) is 33.2 Å². The number of para-hydroxylation sites is 1. The normalized spacial score (nSPS) is 13.1. The van der Waals surface area contributed by atoms with E-state index in [2.05, 4.69) is 17.0 Å². The Kier molecular flexibility index (Phi) is 5.02. The van der Waals surface area contributed by atoms with Gasteiger partial charge in [0.1, 0.15) is 0 Å². The summed E-state index contributed by atoms with van der Waals surface area (Å²) in [4.78, 5) is 17.8. The third-order valence-corrected chi connectivity index (χ3v) is 4.78. The molecule has 1 aliphatic heterocycles. The van der Waals surface area contributed by atoms with Crippen molar-refractivity contribution in [2.24, 2.45) is 4.99 Å². The van der Waals surface area contributed by atoms with Crippen molar-refractivity contribution in [3.63, 3.8) is 0 Å². The minimum absolute atomic E-state index is 0.0680. The van der Waals surface area contributed by atoms with E-state index in [4.69, 9.17) is 9.47 Å². The fourth-order valence-corrected chi connectivity index (χ4v) is 3.37. The molecule has 2 aromatic carbocycles. The minimum Gasteiger partial charge on any atom is -0.454 e. The molecule has 3 aromatic rings. The van der Waals surface area contributed by atoms with E-state index >= 15 is 0 Å². The van der Waals surface area contributed by atoms with Crippen LogP contribution in [0, 0.1) is 0 Å².